The lowest BCUT2D eigenvalue weighted by molar-refractivity contribution is -0.133. The number of hydrogen-bond donors (Lipinski definition) is 2. The van der Waals surface area contributed by atoms with E-state index in [2.05, 4.69) is 0 Å². The lowest BCUT2D eigenvalue weighted by atomic mass is 10.0. The molecule has 2 aromatic rings. The van der Waals surface area contributed by atoms with Gasteiger partial charge in [0.1, 0.15) is 18.2 Å². The zero-order valence-corrected chi connectivity index (χ0v) is 16.1. The minimum atomic E-state index is -1.20. The maximum Gasteiger partial charge on any atom is 0.335 e. The van der Waals surface area contributed by atoms with E-state index in [1.165, 1.54) is 24.3 Å². The van der Waals surface area contributed by atoms with Crippen LogP contribution in [-0.4, -0.2) is 22.2 Å². The maximum absolute atomic E-state index is 12.9. The standard InChI is InChI=1S/C23H23FO5/c1-2-3-4-18(22(25)26)14-19(23(27)28)13-16-7-11-21(12-8-16)29-15-17-5-9-20(24)10-6-17/h5-14H,2-4,15H2,1H3,(H,25,26)(H,27,28). The van der Waals surface area contributed by atoms with Crippen molar-refractivity contribution in [3.8, 4) is 5.75 Å². The van der Waals surface area contributed by atoms with Crippen molar-refractivity contribution in [1.82, 2.24) is 0 Å². The first-order chi connectivity index (χ1) is 13.9. The summed E-state index contributed by atoms with van der Waals surface area (Å²) in [5, 5.41) is 18.7. The van der Waals surface area contributed by atoms with Gasteiger partial charge in [-0.1, -0.05) is 37.6 Å². The van der Waals surface area contributed by atoms with Crippen LogP contribution in [0.4, 0.5) is 4.39 Å². The Morgan fingerprint density at radius 3 is 2.21 bits per heavy atom. The number of hydrogen-bond acceptors (Lipinski definition) is 3. The van der Waals surface area contributed by atoms with E-state index in [1.54, 1.807) is 36.4 Å². The third-order valence-corrected chi connectivity index (χ3v) is 4.17. The summed E-state index contributed by atoms with van der Waals surface area (Å²) < 4.78 is 18.5. The van der Waals surface area contributed by atoms with Crippen LogP contribution < -0.4 is 4.74 Å². The van der Waals surface area contributed by atoms with Crippen molar-refractivity contribution in [2.24, 2.45) is 0 Å². The van der Waals surface area contributed by atoms with Crippen molar-refractivity contribution in [1.29, 1.82) is 0 Å². The summed E-state index contributed by atoms with van der Waals surface area (Å²) >= 11 is 0. The highest BCUT2D eigenvalue weighted by molar-refractivity contribution is 5.98. The Morgan fingerprint density at radius 2 is 1.66 bits per heavy atom. The SMILES string of the molecule is CCCCC(=CC(=Cc1ccc(OCc2ccc(F)cc2)cc1)C(=O)O)C(=O)O. The molecule has 0 saturated heterocycles. The fourth-order valence-corrected chi connectivity index (χ4v) is 2.55. The highest BCUT2D eigenvalue weighted by atomic mass is 19.1. The number of carboxylic acids is 2. The first-order valence-corrected chi connectivity index (χ1v) is 9.25. The highest BCUT2D eigenvalue weighted by Gasteiger charge is 2.12. The first kappa shape index (κ1) is 21.9. The fraction of sp³-hybridized carbons (Fsp3) is 0.217. The van der Waals surface area contributed by atoms with Crippen LogP contribution >= 0.6 is 0 Å². The quantitative estimate of drug-likeness (QED) is 0.431. The summed E-state index contributed by atoms with van der Waals surface area (Å²) in [7, 11) is 0. The van der Waals surface area contributed by atoms with Crippen LogP contribution in [0.3, 0.4) is 0 Å². The number of ether oxygens (including phenoxy) is 1. The topological polar surface area (TPSA) is 83.8 Å². The molecule has 2 rings (SSSR count). The molecule has 0 aliphatic carbocycles. The van der Waals surface area contributed by atoms with Gasteiger partial charge in [-0.05, 0) is 60.4 Å². The van der Waals surface area contributed by atoms with E-state index in [-0.39, 0.29) is 23.6 Å². The number of aliphatic carboxylic acids is 2. The van der Waals surface area contributed by atoms with Crippen LogP contribution in [0.2, 0.25) is 0 Å². The Kier molecular flexibility index (Phi) is 8.15. The smallest absolute Gasteiger partial charge is 0.335 e. The molecule has 0 spiro atoms. The van der Waals surface area contributed by atoms with Gasteiger partial charge in [-0.25, -0.2) is 14.0 Å². The summed E-state index contributed by atoms with van der Waals surface area (Å²) in [5.41, 5.74) is 1.40. The Hall–Kier alpha value is -3.41. The van der Waals surface area contributed by atoms with Crippen LogP contribution in [0.15, 0.2) is 65.8 Å². The van der Waals surface area contributed by atoms with E-state index in [0.717, 1.165) is 12.0 Å². The molecule has 6 heteroatoms. The summed E-state index contributed by atoms with van der Waals surface area (Å²) in [5.74, 6) is -2.05. The second kappa shape index (κ2) is 10.8. The molecular weight excluding hydrogens is 375 g/mol. The van der Waals surface area contributed by atoms with Gasteiger partial charge in [0.2, 0.25) is 0 Å². The number of carboxylic acid groups (broad SMARTS) is 2. The van der Waals surface area contributed by atoms with E-state index in [9.17, 15) is 24.2 Å². The predicted molar refractivity (Wildman–Crippen MR) is 108 cm³/mol. The second-order valence-corrected chi connectivity index (χ2v) is 6.47. The molecule has 0 fully saturated rings. The summed E-state index contributed by atoms with van der Waals surface area (Å²) in [6, 6.07) is 12.7. The van der Waals surface area contributed by atoms with Gasteiger partial charge in [-0.15, -0.1) is 0 Å². The monoisotopic (exact) mass is 398 g/mol. The van der Waals surface area contributed by atoms with Gasteiger partial charge in [-0.2, -0.15) is 0 Å². The summed E-state index contributed by atoms with van der Waals surface area (Å²) in [6.45, 7) is 2.21. The molecule has 0 atom stereocenters. The number of benzene rings is 2. The van der Waals surface area contributed by atoms with Crippen molar-refractivity contribution < 1.29 is 28.9 Å². The molecule has 0 saturated carbocycles. The molecule has 2 N–H and O–H groups in total. The van der Waals surface area contributed by atoms with Crippen molar-refractivity contribution >= 4 is 18.0 Å². The zero-order valence-electron chi connectivity index (χ0n) is 16.1. The van der Waals surface area contributed by atoms with Crippen LogP contribution in [-0.2, 0) is 16.2 Å². The predicted octanol–water partition coefficient (Wildman–Crippen LogP) is 5.07. The molecule has 0 bridgehead atoms. The van der Waals surface area contributed by atoms with Gasteiger partial charge in [0, 0.05) is 5.57 Å². The summed E-state index contributed by atoms with van der Waals surface area (Å²) in [6.07, 6.45) is 4.42. The van der Waals surface area contributed by atoms with Gasteiger partial charge in [0.25, 0.3) is 0 Å². The molecular formula is C23H23FO5. The number of halogens is 1. The van der Waals surface area contributed by atoms with E-state index >= 15 is 0 Å². The Bertz CT molecular complexity index is 896. The molecule has 2 aromatic carbocycles. The molecule has 152 valence electrons. The summed E-state index contributed by atoms with van der Waals surface area (Å²) in [4.78, 5) is 22.9. The lowest BCUT2D eigenvalue weighted by Gasteiger charge is -2.07. The second-order valence-electron chi connectivity index (χ2n) is 6.47. The number of carbonyl (C=O) groups is 2. The minimum absolute atomic E-state index is 0.0692. The molecule has 0 radical (unpaired) electrons. The minimum Gasteiger partial charge on any atom is -0.489 e. The molecule has 0 heterocycles. The van der Waals surface area contributed by atoms with Crippen LogP contribution in [0.1, 0.15) is 37.3 Å². The van der Waals surface area contributed by atoms with Crippen LogP contribution in [0.5, 0.6) is 5.75 Å². The van der Waals surface area contributed by atoms with Gasteiger partial charge in [-0.3, -0.25) is 0 Å². The average molecular weight is 398 g/mol. The largest absolute Gasteiger partial charge is 0.489 e. The molecule has 5 nitrogen and oxygen atoms in total. The van der Waals surface area contributed by atoms with Crippen molar-refractivity contribution in [2.75, 3.05) is 0 Å². The molecule has 0 aromatic heterocycles. The van der Waals surface area contributed by atoms with Crippen LogP contribution in [0, 0.1) is 5.82 Å². The third-order valence-electron chi connectivity index (χ3n) is 4.17. The van der Waals surface area contributed by atoms with Gasteiger partial charge >= 0.3 is 11.9 Å². The maximum atomic E-state index is 12.9. The van der Waals surface area contributed by atoms with E-state index < -0.39 is 11.9 Å². The highest BCUT2D eigenvalue weighted by Crippen LogP contribution is 2.18. The van der Waals surface area contributed by atoms with Crippen molar-refractivity contribution in [2.45, 2.75) is 32.8 Å². The van der Waals surface area contributed by atoms with E-state index in [0.29, 0.717) is 24.2 Å². The molecule has 0 aliphatic rings. The van der Waals surface area contributed by atoms with Crippen molar-refractivity contribution in [3.63, 3.8) is 0 Å². The van der Waals surface area contributed by atoms with Gasteiger partial charge in [0.05, 0.1) is 5.57 Å². The van der Waals surface area contributed by atoms with Crippen molar-refractivity contribution in [3.05, 3.63) is 82.7 Å². The van der Waals surface area contributed by atoms with Crippen LogP contribution in [0.25, 0.3) is 6.08 Å². The van der Waals surface area contributed by atoms with Gasteiger partial charge in [0.15, 0.2) is 0 Å². The number of unbranched alkanes of at least 4 members (excludes halogenated alkanes) is 1. The zero-order chi connectivity index (χ0) is 21.2. The average Bonchev–Trinajstić information content (AvgIpc) is 2.70. The normalized spacial score (nSPS) is 11.9. The lowest BCUT2D eigenvalue weighted by Crippen LogP contribution is -2.05. The molecule has 0 amide bonds. The number of rotatable bonds is 10. The van der Waals surface area contributed by atoms with Gasteiger partial charge < -0.3 is 14.9 Å². The Morgan fingerprint density at radius 1 is 1.00 bits per heavy atom. The molecule has 0 unspecified atom stereocenters. The molecule has 0 aliphatic heterocycles. The molecule has 29 heavy (non-hydrogen) atoms. The third kappa shape index (κ3) is 7.25. The van der Waals surface area contributed by atoms with E-state index in [1.807, 2.05) is 6.92 Å². The Balaban J connectivity index is 2.12. The fourth-order valence-electron chi connectivity index (χ4n) is 2.55. The Labute approximate surface area is 168 Å². The first-order valence-electron chi connectivity index (χ1n) is 9.25. The van der Waals surface area contributed by atoms with E-state index in [4.69, 9.17) is 4.74 Å².